The van der Waals surface area contributed by atoms with Gasteiger partial charge in [-0.1, -0.05) is 60.7 Å². The van der Waals surface area contributed by atoms with Crippen molar-refractivity contribution in [3.8, 4) is 11.3 Å². The summed E-state index contributed by atoms with van der Waals surface area (Å²) in [7, 11) is 0. The predicted molar refractivity (Wildman–Crippen MR) is 106 cm³/mol. The first kappa shape index (κ1) is 17.7. The van der Waals surface area contributed by atoms with Gasteiger partial charge in [0.1, 0.15) is 5.52 Å². The molecule has 0 aliphatic carbocycles. The molecule has 140 valence electrons. The highest BCUT2D eigenvalue weighted by atomic mass is 16.1. The third-order valence-electron chi connectivity index (χ3n) is 4.54. The van der Waals surface area contributed by atoms with Crippen LogP contribution in [0, 0.1) is 0 Å². The number of nitrogens with zero attached hydrogens (tertiary/aromatic N) is 3. The summed E-state index contributed by atoms with van der Waals surface area (Å²) in [5.41, 5.74) is 2.56. The second kappa shape index (κ2) is 7.48. The monoisotopic (exact) mass is 373 g/mol. The molecule has 0 unspecified atom stereocenters. The molecule has 2 aromatic heterocycles. The largest absolute Gasteiger partial charge is 0.349 e. The van der Waals surface area contributed by atoms with Crippen molar-refractivity contribution in [2.75, 3.05) is 0 Å². The van der Waals surface area contributed by atoms with Gasteiger partial charge in [0, 0.05) is 5.56 Å². The van der Waals surface area contributed by atoms with E-state index < -0.39 is 0 Å². The zero-order valence-corrected chi connectivity index (χ0v) is 15.3. The molecule has 1 amide bonds. The minimum atomic E-state index is -0.350. The molecule has 2 aromatic carbocycles. The number of H-pyrrole nitrogens is 1. The predicted octanol–water partition coefficient (Wildman–Crippen LogP) is 2.50. The standard InChI is InChI=1S/C21H19N5O2/c1-14(15-8-4-2-5-9-15)22-20(27)13-19-23-24-21(28)18-12-17(25-26(18)19)16-10-6-3-7-11-16/h2-12,14H,13H2,1H3,(H,22,27)(H,24,28)/t14-/m1/s1. The highest BCUT2D eigenvalue weighted by Crippen LogP contribution is 2.18. The van der Waals surface area contributed by atoms with Crippen molar-refractivity contribution in [3.63, 3.8) is 0 Å². The van der Waals surface area contributed by atoms with Crippen molar-refractivity contribution >= 4 is 11.4 Å². The fourth-order valence-corrected chi connectivity index (χ4v) is 3.09. The third-order valence-corrected chi connectivity index (χ3v) is 4.54. The third kappa shape index (κ3) is 3.55. The van der Waals surface area contributed by atoms with Crippen LogP contribution in [0.2, 0.25) is 0 Å². The van der Waals surface area contributed by atoms with Crippen LogP contribution in [0.25, 0.3) is 16.8 Å². The molecular formula is C21H19N5O2. The zero-order valence-electron chi connectivity index (χ0n) is 15.3. The van der Waals surface area contributed by atoms with Crippen LogP contribution in [0.1, 0.15) is 24.4 Å². The second-order valence-electron chi connectivity index (χ2n) is 6.54. The van der Waals surface area contributed by atoms with E-state index in [1.54, 1.807) is 6.07 Å². The summed E-state index contributed by atoms with van der Waals surface area (Å²) in [5.74, 6) is 0.170. The lowest BCUT2D eigenvalue weighted by molar-refractivity contribution is -0.121. The number of carbonyl (C=O) groups excluding carboxylic acids is 1. The molecule has 2 heterocycles. The maximum atomic E-state index is 12.5. The van der Waals surface area contributed by atoms with Crippen molar-refractivity contribution in [1.82, 2.24) is 25.1 Å². The number of nitrogens with one attached hydrogen (secondary N) is 2. The lowest BCUT2D eigenvalue weighted by Crippen LogP contribution is -2.30. The molecule has 7 heteroatoms. The molecule has 0 spiro atoms. The van der Waals surface area contributed by atoms with E-state index >= 15 is 0 Å². The molecule has 0 bridgehead atoms. The summed E-state index contributed by atoms with van der Waals surface area (Å²) in [6.45, 7) is 1.92. The van der Waals surface area contributed by atoms with Gasteiger partial charge < -0.3 is 5.32 Å². The Kier molecular flexibility index (Phi) is 4.72. The smallest absolute Gasteiger partial charge is 0.290 e. The molecule has 1 atom stereocenters. The Morgan fingerprint density at radius 2 is 1.79 bits per heavy atom. The zero-order chi connectivity index (χ0) is 19.5. The first-order chi connectivity index (χ1) is 13.6. The number of carbonyl (C=O) groups is 1. The van der Waals surface area contributed by atoms with Crippen molar-refractivity contribution < 1.29 is 4.79 Å². The fraction of sp³-hybridized carbons (Fsp3) is 0.143. The maximum Gasteiger partial charge on any atom is 0.290 e. The molecule has 0 aliphatic rings. The van der Waals surface area contributed by atoms with Gasteiger partial charge in [-0.3, -0.25) is 9.59 Å². The Morgan fingerprint density at radius 3 is 2.50 bits per heavy atom. The van der Waals surface area contributed by atoms with Gasteiger partial charge in [0.15, 0.2) is 5.82 Å². The molecule has 4 rings (SSSR count). The van der Waals surface area contributed by atoms with Gasteiger partial charge in [-0.25, -0.2) is 9.61 Å². The lowest BCUT2D eigenvalue weighted by atomic mass is 10.1. The number of fused-ring (bicyclic) bond motifs is 1. The van der Waals surface area contributed by atoms with E-state index in [1.807, 2.05) is 67.6 Å². The van der Waals surface area contributed by atoms with Crippen LogP contribution in [-0.2, 0) is 11.2 Å². The Hall–Kier alpha value is -3.74. The quantitative estimate of drug-likeness (QED) is 0.562. The van der Waals surface area contributed by atoms with Crippen LogP contribution in [-0.4, -0.2) is 25.7 Å². The van der Waals surface area contributed by atoms with E-state index in [9.17, 15) is 9.59 Å². The van der Waals surface area contributed by atoms with E-state index in [0.717, 1.165) is 11.1 Å². The van der Waals surface area contributed by atoms with E-state index in [2.05, 4.69) is 20.6 Å². The van der Waals surface area contributed by atoms with E-state index in [4.69, 9.17) is 0 Å². The van der Waals surface area contributed by atoms with Crippen LogP contribution in [0.15, 0.2) is 71.5 Å². The summed E-state index contributed by atoms with van der Waals surface area (Å²) in [6, 6.07) is 20.8. The molecule has 0 radical (unpaired) electrons. The molecular weight excluding hydrogens is 354 g/mol. The van der Waals surface area contributed by atoms with Crippen LogP contribution in [0.5, 0.6) is 0 Å². The molecule has 0 aliphatic heterocycles. The van der Waals surface area contributed by atoms with Gasteiger partial charge >= 0.3 is 0 Å². The molecule has 0 fully saturated rings. The van der Waals surface area contributed by atoms with Gasteiger partial charge in [-0.05, 0) is 18.6 Å². The number of aromatic amines is 1. The van der Waals surface area contributed by atoms with Crippen LogP contribution in [0.4, 0.5) is 0 Å². The Morgan fingerprint density at radius 1 is 1.11 bits per heavy atom. The van der Waals surface area contributed by atoms with Gasteiger partial charge in [0.2, 0.25) is 5.91 Å². The number of amides is 1. The molecule has 7 nitrogen and oxygen atoms in total. The summed E-state index contributed by atoms with van der Waals surface area (Å²) in [4.78, 5) is 24.7. The topological polar surface area (TPSA) is 92.1 Å². The van der Waals surface area contributed by atoms with E-state index in [0.29, 0.717) is 17.0 Å². The Balaban J connectivity index is 1.60. The maximum absolute atomic E-state index is 12.5. The summed E-state index contributed by atoms with van der Waals surface area (Å²) >= 11 is 0. The van der Waals surface area contributed by atoms with Crippen molar-refractivity contribution in [2.45, 2.75) is 19.4 Å². The van der Waals surface area contributed by atoms with Gasteiger partial charge in [-0.15, -0.1) is 0 Å². The Bertz CT molecular complexity index is 1170. The number of hydrogen-bond donors (Lipinski definition) is 2. The summed E-state index contributed by atoms with van der Waals surface area (Å²) < 4.78 is 1.44. The number of rotatable bonds is 5. The van der Waals surface area contributed by atoms with Crippen LogP contribution < -0.4 is 10.9 Å². The fourth-order valence-electron chi connectivity index (χ4n) is 3.09. The molecule has 2 N–H and O–H groups in total. The minimum absolute atomic E-state index is 0.000360. The average molecular weight is 373 g/mol. The normalized spacial score (nSPS) is 12.0. The lowest BCUT2D eigenvalue weighted by Gasteiger charge is -2.14. The number of hydrogen-bond acceptors (Lipinski definition) is 4. The van der Waals surface area contributed by atoms with Gasteiger partial charge in [-0.2, -0.15) is 10.2 Å². The number of benzene rings is 2. The SMILES string of the molecule is C[C@@H](NC(=O)Cc1n[nH]c(=O)c2cc(-c3ccccc3)nn12)c1ccccc1. The van der Waals surface area contributed by atoms with Gasteiger partial charge in [0.25, 0.3) is 5.56 Å². The highest BCUT2D eigenvalue weighted by Gasteiger charge is 2.16. The molecule has 4 aromatic rings. The Labute approximate surface area is 161 Å². The molecule has 0 saturated carbocycles. The molecule has 28 heavy (non-hydrogen) atoms. The van der Waals surface area contributed by atoms with E-state index in [-0.39, 0.29) is 23.9 Å². The molecule has 0 saturated heterocycles. The van der Waals surface area contributed by atoms with Crippen molar-refractivity contribution in [2.24, 2.45) is 0 Å². The average Bonchev–Trinajstić information content (AvgIpc) is 3.18. The van der Waals surface area contributed by atoms with Crippen molar-refractivity contribution in [3.05, 3.63) is 88.5 Å². The second-order valence-corrected chi connectivity index (χ2v) is 6.54. The minimum Gasteiger partial charge on any atom is -0.349 e. The van der Waals surface area contributed by atoms with Crippen LogP contribution in [0.3, 0.4) is 0 Å². The van der Waals surface area contributed by atoms with Crippen molar-refractivity contribution in [1.29, 1.82) is 0 Å². The first-order valence-electron chi connectivity index (χ1n) is 8.99. The first-order valence-corrected chi connectivity index (χ1v) is 8.99. The highest BCUT2D eigenvalue weighted by molar-refractivity contribution is 5.78. The number of aromatic nitrogens is 4. The summed E-state index contributed by atoms with van der Waals surface area (Å²) in [5, 5.41) is 13.9. The van der Waals surface area contributed by atoms with E-state index in [1.165, 1.54) is 4.52 Å². The van der Waals surface area contributed by atoms with Crippen LogP contribution >= 0.6 is 0 Å². The van der Waals surface area contributed by atoms with Gasteiger partial charge in [0.05, 0.1) is 18.2 Å². The summed E-state index contributed by atoms with van der Waals surface area (Å²) in [6.07, 6.45) is 0.000360.